The van der Waals surface area contributed by atoms with Crippen LogP contribution in [0.2, 0.25) is 0 Å². The maximum Gasteiger partial charge on any atom is 0.280 e. The third-order valence-electron chi connectivity index (χ3n) is 3.26. The molecule has 1 aliphatic heterocycles. The quantitative estimate of drug-likeness (QED) is 0.444. The highest BCUT2D eigenvalue weighted by atomic mass is 16.5. The van der Waals surface area contributed by atoms with Crippen molar-refractivity contribution in [2.24, 2.45) is 0 Å². The van der Waals surface area contributed by atoms with Gasteiger partial charge in [0.2, 0.25) is 5.95 Å². The van der Waals surface area contributed by atoms with Crippen LogP contribution in [0.3, 0.4) is 0 Å². The van der Waals surface area contributed by atoms with Crippen LogP contribution in [0.15, 0.2) is 22.6 Å². The van der Waals surface area contributed by atoms with Crippen LogP contribution < -0.4 is 11.3 Å². The van der Waals surface area contributed by atoms with Crippen molar-refractivity contribution in [3.63, 3.8) is 0 Å². The number of anilines is 1. The van der Waals surface area contributed by atoms with E-state index in [0.29, 0.717) is 0 Å². The van der Waals surface area contributed by atoms with Crippen molar-refractivity contribution in [2.45, 2.75) is 12.1 Å². The van der Waals surface area contributed by atoms with E-state index in [0.717, 1.165) is 0 Å². The number of aliphatic hydroxyl groups is 3. The van der Waals surface area contributed by atoms with Crippen LogP contribution >= 0.6 is 0 Å². The topological polar surface area (TPSA) is 160 Å². The van der Waals surface area contributed by atoms with Gasteiger partial charge in [0.25, 0.3) is 5.56 Å². The Morgan fingerprint density at radius 1 is 1.57 bits per heavy atom. The number of aromatic nitrogens is 4. The second-order valence-corrected chi connectivity index (χ2v) is 4.75. The number of nitrogens with zero attached hydrogens (tertiary/aromatic N) is 3. The molecule has 2 aromatic rings. The Labute approximate surface area is 117 Å². The van der Waals surface area contributed by atoms with Crippen LogP contribution in [0.5, 0.6) is 0 Å². The molecule has 3 heterocycles. The number of imidazole rings is 1. The Morgan fingerprint density at radius 2 is 2.33 bits per heavy atom. The van der Waals surface area contributed by atoms with Gasteiger partial charge in [0.1, 0.15) is 13.2 Å². The molecule has 112 valence electrons. The molecule has 0 spiro atoms. The summed E-state index contributed by atoms with van der Waals surface area (Å²) in [6.45, 7) is -0.911. The van der Waals surface area contributed by atoms with Gasteiger partial charge in [-0.05, 0) is 0 Å². The van der Waals surface area contributed by atoms with Crippen LogP contribution in [0.25, 0.3) is 11.2 Å². The molecule has 0 radical (unpaired) electrons. The van der Waals surface area contributed by atoms with Gasteiger partial charge in [-0.3, -0.25) is 9.78 Å². The van der Waals surface area contributed by atoms with Crippen molar-refractivity contribution < 1.29 is 20.1 Å². The maximum absolute atomic E-state index is 11.7. The van der Waals surface area contributed by atoms with E-state index in [1.807, 2.05) is 0 Å². The van der Waals surface area contributed by atoms with Crippen LogP contribution in [-0.2, 0) is 11.3 Å². The lowest BCUT2D eigenvalue weighted by atomic mass is 10.0. The second kappa shape index (κ2) is 4.46. The van der Waals surface area contributed by atoms with E-state index >= 15 is 0 Å². The Balaban J connectivity index is 2.04. The number of rotatable bonds is 3. The lowest BCUT2D eigenvalue weighted by Crippen LogP contribution is -2.37. The van der Waals surface area contributed by atoms with Crippen LogP contribution in [0.1, 0.15) is 0 Å². The molecule has 0 bridgehead atoms. The zero-order valence-electron chi connectivity index (χ0n) is 10.8. The highest BCUT2D eigenvalue weighted by Crippen LogP contribution is 2.29. The minimum Gasteiger partial charge on any atom is -0.506 e. The molecule has 0 fully saturated rings. The molecule has 1 aliphatic rings. The zero-order valence-corrected chi connectivity index (χ0v) is 10.8. The van der Waals surface area contributed by atoms with Gasteiger partial charge in [-0.1, -0.05) is 0 Å². The Morgan fingerprint density at radius 3 is 3.00 bits per heavy atom. The summed E-state index contributed by atoms with van der Waals surface area (Å²) >= 11 is 0. The molecule has 0 amide bonds. The average Bonchev–Trinajstić information content (AvgIpc) is 2.94. The minimum absolute atomic E-state index is 0.0672. The van der Waals surface area contributed by atoms with Crippen molar-refractivity contribution in [1.29, 1.82) is 0 Å². The summed E-state index contributed by atoms with van der Waals surface area (Å²) in [5, 5.41) is 29.3. The maximum atomic E-state index is 11.7. The molecule has 10 heteroatoms. The first-order valence-corrected chi connectivity index (χ1v) is 6.04. The fraction of sp³-hybridized carbons (Fsp3) is 0.364. The van der Waals surface area contributed by atoms with Gasteiger partial charge >= 0.3 is 0 Å². The smallest absolute Gasteiger partial charge is 0.280 e. The van der Waals surface area contributed by atoms with Crippen molar-refractivity contribution in [3.05, 3.63) is 28.2 Å². The summed E-state index contributed by atoms with van der Waals surface area (Å²) in [6.07, 6.45) is 1.30. The lowest BCUT2D eigenvalue weighted by Gasteiger charge is -2.21. The summed E-state index contributed by atoms with van der Waals surface area (Å²) in [4.78, 5) is 21.8. The third-order valence-corrected chi connectivity index (χ3v) is 3.26. The molecule has 10 nitrogen and oxygen atoms in total. The first-order chi connectivity index (χ1) is 9.94. The van der Waals surface area contributed by atoms with E-state index in [2.05, 4.69) is 15.0 Å². The molecular formula is C11H13N5O5. The van der Waals surface area contributed by atoms with E-state index in [4.69, 9.17) is 15.6 Å². The Hall–Kier alpha value is -2.59. The standard InChI is InChI=1S/C11H13N5O5/c12-10-14-8-6(9(19)15-10)13-4-16(8)2-11(20)3-21-5(1-17)7(11)18/h4,17-18,20H,1-3H2,(H3,12,14,15,19). The van der Waals surface area contributed by atoms with Crippen molar-refractivity contribution in [2.75, 3.05) is 18.9 Å². The number of fused-ring (bicyclic) bond motifs is 1. The number of ether oxygens (including phenoxy) is 1. The summed E-state index contributed by atoms with van der Waals surface area (Å²) in [6, 6.07) is 0. The fourth-order valence-electron chi connectivity index (χ4n) is 2.21. The summed E-state index contributed by atoms with van der Waals surface area (Å²) in [7, 11) is 0. The minimum atomic E-state index is -1.73. The van der Waals surface area contributed by atoms with Gasteiger partial charge < -0.3 is 30.4 Å². The molecule has 6 N–H and O–H groups in total. The number of aliphatic hydroxyl groups excluding tert-OH is 2. The van der Waals surface area contributed by atoms with Crippen molar-refractivity contribution in [1.82, 2.24) is 19.5 Å². The van der Waals surface area contributed by atoms with E-state index in [-0.39, 0.29) is 36.0 Å². The van der Waals surface area contributed by atoms with Gasteiger partial charge in [-0.2, -0.15) is 4.98 Å². The number of aromatic amines is 1. The van der Waals surface area contributed by atoms with E-state index in [1.54, 1.807) is 0 Å². The molecule has 0 aromatic carbocycles. The van der Waals surface area contributed by atoms with Crippen LogP contribution in [0.4, 0.5) is 5.95 Å². The van der Waals surface area contributed by atoms with Crippen molar-refractivity contribution in [3.8, 4) is 0 Å². The van der Waals surface area contributed by atoms with Gasteiger partial charge in [-0.25, -0.2) is 4.98 Å². The predicted octanol–water partition coefficient (Wildman–Crippen LogP) is -1.77. The number of H-pyrrole nitrogens is 1. The SMILES string of the molecule is Nc1nc2c(ncn2CC2(O)COC(CO)=C2O)c(=O)[nH]1. The second-order valence-electron chi connectivity index (χ2n) is 4.75. The first kappa shape index (κ1) is 13.4. The molecule has 2 aromatic heterocycles. The predicted molar refractivity (Wildman–Crippen MR) is 70.2 cm³/mol. The van der Waals surface area contributed by atoms with Gasteiger partial charge in [-0.15, -0.1) is 0 Å². The zero-order chi connectivity index (χ0) is 15.2. The molecule has 21 heavy (non-hydrogen) atoms. The Bertz CT molecular complexity index is 794. The number of hydrogen-bond acceptors (Lipinski definition) is 8. The van der Waals surface area contributed by atoms with E-state index in [1.165, 1.54) is 10.9 Å². The molecule has 0 aliphatic carbocycles. The van der Waals surface area contributed by atoms with Crippen molar-refractivity contribution >= 4 is 17.1 Å². The number of nitrogens with one attached hydrogen (secondary N) is 1. The monoisotopic (exact) mass is 295 g/mol. The van der Waals surface area contributed by atoms with E-state index in [9.17, 15) is 15.0 Å². The molecule has 1 atom stereocenters. The Kier molecular flexibility index (Phi) is 2.85. The summed E-state index contributed by atoms with van der Waals surface area (Å²) in [5.41, 5.74) is 3.49. The number of nitrogens with two attached hydrogens (primary N) is 1. The third kappa shape index (κ3) is 2.00. The molecule has 3 rings (SSSR count). The van der Waals surface area contributed by atoms with Gasteiger partial charge in [0, 0.05) is 0 Å². The van der Waals surface area contributed by atoms with E-state index < -0.39 is 23.5 Å². The molecule has 0 saturated carbocycles. The highest BCUT2D eigenvalue weighted by Gasteiger charge is 2.42. The number of nitrogen functional groups attached to an aromatic ring is 1. The highest BCUT2D eigenvalue weighted by molar-refractivity contribution is 5.70. The first-order valence-electron chi connectivity index (χ1n) is 6.04. The van der Waals surface area contributed by atoms with Crippen LogP contribution in [-0.4, -0.2) is 53.7 Å². The lowest BCUT2D eigenvalue weighted by molar-refractivity contribution is -0.00172. The fourth-order valence-corrected chi connectivity index (χ4v) is 2.21. The van der Waals surface area contributed by atoms with Crippen LogP contribution in [0, 0.1) is 0 Å². The average molecular weight is 295 g/mol. The summed E-state index contributed by atoms with van der Waals surface area (Å²) < 4.78 is 6.40. The van der Waals surface area contributed by atoms with Gasteiger partial charge in [0.15, 0.2) is 28.3 Å². The summed E-state index contributed by atoms with van der Waals surface area (Å²) in [5.74, 6) is -0.628. The largest absolute Gasteiger partial charge is 0.506 e. The molecule has 0 saturated heterocycles. The van der Waals surface area contributed by atoms with Gasteiger partial charge in [0.05, 0.1) is 12.9 Å². The molecular weight excluding hydrogens is 282 g/mol. The molecule has 1 unspecified atom stereocenters. The number of hydrogen-bond donors (Lipinski definition) is 5. The normalized spacial score (nSPS) is 22.0.